The summed E-state index contributed by atoms with van der Waals surface area (Å²) in [4.78, 5) is 27.0. The van der Waals surface area contributed by atoms with Gasteiger partial charge in [-0.3, -0.25) is 9.59 Å². The molecule has 6 heteroatoms. The molecule has 6 nitrogen and oxygen atoms in total. The van der Waals surface area contributed by atoms with Gasteiger partial charge in [0.25, 0.3) is 11.8 Å². The SMILES string of the molecule is O=C(COc1ccccc1Cc1ccccc1)Nc1ccc2c(c1)CCN2C(=O)c1ccoc1. The quantitative estimate of drug-likeness (QED) is 0.424. The Labute approximate surface area is 197 Å². The van der Waals surface area contributed by atoms with Gasteiger partial charge in [0.05, 0.1) is 11.8 Å². The highest BCUT2D eigenvalue weighted by molar-refractivity contribution is 6.07. The molecule has 0 spiro atoms. The van der Waals surface area contributed by atoms with Crippen LogP contribution in [0.4, 0.5) is 11.4 Å². The number of anilines is 2. The van der Waals surface area contributed by atoms with Crippen LogP contribution in [0, 0.1) is 0 Å². The van der Waals surface area contributed by atoms with Crippen molar-refractivity contribution in [2.45, 2.75) is 12.8 Å². The van der Waals surface area contributed by atoms with Crippen LogP contribution in [-0.2, 0) is 17.6 Å². The van der Waals surface area contributed by atoms with E-state index in [0.717, 1.165) is 29.7 Å². The minimum Gasteiger partial charge on any atom is -0.483 e. The van der Waals surface area contributed by atoms with Gasteiger partial charge in [-0.2, -0.15) is 0 Å². The molecule has 2 heterocycles. The maximum absolute atomic E-state index is 12.7. The average molecular weight is 453 g/mol. The fourth-order valence-electron chi connectivity index (χ4n) is 4.18. The van der Waals surface area contributed by atoms with E-state index in [0.29, 0.717) is 23.5 Å². The molecule has 0 fully saturated rings. The zero-order valence-electron chi connectivity index (χ0n) is 18.6. The van der Waals surface area contributed by atoms with Crippen LogP contribution in [-0.4, -0.2) is 25.0 Å². The number of nitrogens with zero attached hydrogens (tertiary/aromatic N) is 1. The lowest BCUT2D eigenvalue weighted by molar-refractivity contribution is -0.118. The maximum Gasteiger partial charge on any atom is 0.262 e. The molecule has 5 rings (SSSR count). The molecule has 3 aromatic carbocycles. The molecule has 170 valence electrons. The third-order valence-corrected chi connectivity index (χ3v) is 5.84. The number of hydrogen-bond acceptors (Lipinski definition) is 4. The molecule has 4 aromatic rings. The van der Waals surface area contributed by atoms with E-state index in [2.05, 4.69) is 17.4 Å². The van der Waals surface area contributed by atoms with Crippen molar-refractivity contribution in [2.75, 3.05) is 23.4 Å². The van der Waals surface area contributed by atoms with Crippen LogP contribution >= 0.6 is 0 Å². The lowest BCUT2D eigenvalue weighted by atomic mass is 10.0. The molecule has 0 atom stereocenters. The summed E-state index contributed by atoms with van der Waals surface area (Å²) in [5.41, 5.74) is 5.29. The first-order valence-electron chi connectivity index (χ1n) is 11.2. The smallest absolute Gasteiger partial charge is 0.262 e. The molecule has 0 radical (unpaired) electrons. The summed E-state index contributed by atoms with van der Waals surface area (Å²) in [6.45, 7) is 0.506. The van der Waals surface area contributed by atoms with Gasteiger partial charge in [-0.1, -0.05) is 48.5 Å². The summed E-state index contributed by atoms with van der Waals surface area (Å²) in [5, 5.41) is 2.90. The molecule has 34 heavy (non-hydrogen) atoms. The van der Waals surface area contributed by atoms with E-state index in [4.69, 9.17) is 9.15 Å². The van der Waals surface area contributed by atoms with Gasteiger partial charge in [0.2, 0.25) is 0 Å². The van der Waals surface area contributed by atoms with Crippen LogP contribution in [0.1, 0.15) is 27.0 Å². The molecule has 0 bridgehead atoms. The van der Waals surface area contributed by atoms with E-state index in [1.54, 1.807) is 17.0 Å². The molecule has 1 aliphatic rings. The fourth-order valence-corrected chi connectivity index (χ4v) is 4.18. The van der Waals surface area contributed by atoms with Crippen LogP contribution in [0.15, 0.2) is 95.8 Å². The number of ether oxygens (including phenoxy) is 1. The third-order valence-electron chi connectivity index (χ3n) is 5.84. The Bertz CT molecular complexity index is 1300. The zero-order valence-corrected chi connectivity index (χ0v) is 18.6. The first-order chi connectivity index (χ1) is 16.7. The highest BCUT2D eigenvalue weighted by Crippen LogP contribution is 2.31. The molecule has 1 aromatic heterocycles. The summed E-state index contributed by atoms with van der Waals surface area (Å²) in [5.74, 6) is 0.370. The molecule has 0 saturated heterocycles. The van der Waals surface area contributed by atoms with E-state index >= 15 is 0 Å². The van der Waals surface area contributed by atoms with Gasteiger partial charge in [0, 0.05) is 24.3 Å². The minimum absolute atomic E-state index is 0.0893. The molecular formula is C28H24N2O4. The summed E-state index contributed by atoms with van der Waals surface area (Å²) in [6.07, 6.45) is 4.40. The fraction of sp³-hybridized carbons (Fsp3) is 0.143. The number of furan rings is 1. The van der Waals surface area contributed by atoms with Gasteiger partial charge in [-0.15, -0.1) is 0 Å². The number of rotatable bonds is 7. The van der Waals surface area contributed by atoms with Crippen molar-refractivity contribution in [1.82, 2.24) is 0 Å². The monoisotopic (exact) mass is 452 g/mol. The normalized spacial score (nSPS) is 12.3. The van der Waals surface area contributed by atoms with Gasteiger partial charge < -0.3 is 19.4 Å². The number of para-hydroxylation sites is 1. The van der Waals surface area contributed by atoms with Gasteiger partial charge in [0.15, 0.2) is 6.61 Å². The Morgan fingerprint density at radius 2 is 1.79 bits per heavy atom. The van der Waals surface area contributed by atoms with Crippen molar-refractivity contribution < 1.29 is 18.7 Å². The summed E-state index contributed by atoms with van der Waals surface area (Å²) in [6, 6.07) is 25.2. The largest absolute Gasteiger partial charge is 0.483 e. The minimum atomic E-state index is -0.237. The average Bonchev–Trinajstić information content (AvgIpc) is 3.54. The molecular weight excluding hydrogens is 428 g/mol. The Morgan fingerprint density at radius 1 is 0.971 bits per heavy atom. The Kier molecular flexibility index (Phi) is 6.12. The van der Waals surface area contributed by atoms with E-state index in [-0.39, 0.29) is 18.4 Å². The van der Waals surface area contributed by atoms with Crippen LogP contribution in [0.3, 0.4) is 0 Å². The summed E-state index contributed by atoms with van der Waals surface area (Å²) in [7, 11) is 0. The van der Waals surface area contributed by atoms with Crippen molar-refractivity contribution >= 4 is 23.2 Å². The molecule has 2 amide bonds. The summed E-state index contributed by atoms with van der Waals surface area (Å²) < 4.78 is 10.9. The first kappa shape index (κ1) is 21.5. The van der Waals surface area contributed by atoms with Gasteiger partial charge in [-0.05, 0) is 53.4 Å². The Morgan fingerprint density at radius 3 is 2.62 bits per heavy atom. The topological polar surface area (TPSA) is 71.8 Å². The van der Waals surface area contributed by atoms with Gasteiger partial charge in [-0.25, -0.2) is 0 Å². The van der Waals surface area contributed by atoms with Gasteiger partial charge >= 0.3 is 0 Å². The number of amides is 2. The highest BCUT2D eigenvalue weighted by Gasteiger charge is 2.26. The molecule has 0 unspecified atom stereocenters. The van der Waals surface area contributed by atoms with E-state index < -0.39 is 0 Å². The number of nitrogens with one attached hydrogen (secondary N) is 1. The lowest BCUT2D eigenvalue weighted by Crippen LogP contribution is -2.28. The van der Waals surface area contributed by atoms with Crippen molar-refractivity contribution in [1.29, 1.82) is 0 Å². The number of carbonyl (C=O) groups excluding carboxylic acids is 2. The molecule has 1 aliphatic heterocycles. The van der Waals surface area contributed by atoms with Crippen molar-refractivity contribution in [3.8, 4) is 5.75 Å². The van der Waals surface area contributed by atoms with Crippen LogP contribution in [0.25, 0.3) is 0 Å². The number of benzene rings is 3. The lowest BCUT2D eigenvalue weighted by Gasteiger charge is -2.17. The zero-order chi connectivity index (χ0) is 23.3. The van der Waals surface area contributed by atoms with Crippen LogP contribution in [0.5, 0.6) is 5.75 Å². The van der Waals surface area contributed by atoms with Gasteiger partial charge in [0.1, 0.15) is 12.0 Å². The third kappa shape index (κ3) is 4.71. The Hall–Kier alpha value is -4.32. The van der Waals surface area contributed by atoms with Crippen molar-refractivity contribution in [2.24, 2.45) is 0 Å². The van der Waals surface area contributed by atoms with Crippen LogP contribution in [0.2, 0.25) is 0 Å². The predicted octanol–water partition coefficient (Wildman–Crippen LogP) is 5.09. The molecule has 0 saturated carbocycles. The molecule has 0 aliphatic carbocycles. The van der Waals surface area contributed by atoms with Crippen LogP contribution < -0.4 is 15.0 Å². The van der Waals surface area contributed by atoms with Crippen molar-refractivity contribution in [3.63, 3.8) is 0 Å². The second kappa shape index (κ2) is 9.67. The van der Waals surface area contributed by atoms with E-state index in [9.17, 15) is 9.59 Å². The highest BCUT2D eigenvalue weighted by atomic mass is 16.5. The van der Waals surface area contributed by atoms with E-state index in [1.807, 2.05) is 54.6 Å². The Balaban J connectivity index is 1.21. The second-order valence-electron chi connectivity index (χ2n) is 8.17. The maximum atomic E-state index is 12.7. The number of hydrogen-bond donors (Lipinski definition) is 1. The van der Waals surface area contributed by atoms with E-state index in [1.165, 1.54) is 18.1 Å². The number of fused-ring (bicyclic) bond motifs is 1. The first-order valence-corrected chi connectivity index (χ1v) is 11.2. The van der Waals surface area contributed by atoms with Crippen molar-refractivity contribution in [3.05, 3.63) is 114 Å². The predicted molar refractivity (Wildman–Crippen MR) is 130 cm³/mol. The molecule has 1 N–H and O–H groups in total. The second-order valence-corrected chi connectivity index (χ2v) is 8.17. The summed E-state index contributed by atoms with van der Waals surface area (Å²) >= 11 is 0. The number of carbonyl (C=O) groups is 2. The standard InChI is InChI=1S/C28H24N2O4/c31-27(19-34-26-9-5-4-8-22(26)16-20-6-2-1-3-7-20)29-24-10-11-25-21(17-24)12-14-30(25)28(32)23-13-15-33-18-23/h1-11,13,15,17-18H,12,14,16,19H2,(H,29,31).